The molecule has 0 saturated carbocycles. The number of benzene rings is 7. The predicted octanol–water partition coefficient (Wildman–Crippen LogP) is 11.7. The summed E-state index contributed by atoms with van der Waals surface area (Å²) in [7, 11) is 0. The van der Waals surface area contributed by atoms with Crippen molar-refractivity contribution < 1.29 is 0 Å². The molecular weight excluding hydrogens is 678 g/mol. The SMILES string of the molecule is C1=C\CCC/C=C\c2cc(-c3ccc(B4Nc5cccc6cccc(c56)N4)cc3)c(cc2-c2ccc(B3Nc4cccc5cccc(c45)N3)cc2)/C=C\CCC/1. The molecule has 2 aliphatic carbocycles. The average Bonchev–Trinajstić information content (AvgIpc) is 3.24. The Balaban J connectivity index is 0.987. The Morgan fingerprint density at radius 2 is 0.732 bits per heavy atom. The van der Waals surface area contributed by atoms with Crippen molar-refractivity contribution in [2.24, 2.45) is 0 Å². The molecule has 6 heteroatoms. The normalized spacial score (nSPS) is 16.7. The fraction of sp³-hybridized carbons (Fsp3) is 0.120. The second-order valence-electron chi connectivity index (χ2n) is 15.3. The number of anilines is 4. The van der Waals surface area contributed by atoms with E-state index >= 15 is 0 Å². The summed E-state index contributed by atoms with van der Waals surface area (Å²) in [5.41, 5.74) is 14.5. The van der Waals surface area contributed by atoms with Crippen molar-refractivity contribution in [3.05, 3.63) is 169 Å². The summed E-state index contributed by atoms with van der Waals surface area (Å²) >= 11 is 0. The number of allylic oxidation sites excluding steroid dienone is 4. The average molecular weight is 723 g/mol. The first-order valence-electron chi connectivity index (χ1n) is 20.2. The lowest BCUT2D eigenvalue weighted by Crippen LogP contribution is -2.47. The van der Waals surface area contributed by atoms with Crippen LogP contribution in [0.4, 0.5) is 22.7 Å². The van der Waals surface area contributed by atoms with Gasteiger partial charge in [-0.15, -0.1) is 0 Å². The molecular formula is C50H44B2N4. The lowest BCUT2D eigenvalue weighted by molar-refractivity contribution is 0.843. The van der Waals surface area contributed by atoms with Gasteiger partial charge in [0.15, 0.2) is 0 Å². The van der Waals surface area contributed by atoms with E-state index in [0.29, 0.717) is 0 Å². The zero-order chi connectivity index (χ0) is 37.3. The zero-order valence-corrected chi connectivity index (χ0v) is 31.6. The summed E-state index contributed by atoms with van der Waals surface area (Å²) in [6.45, 7) is -0.0226. The molecule has 0 saturated heterocycles. The quantitative estimate of drug-likeness (QED) is 0.108. The molecule has 0 aromatic heterocycles. The van der Waals surface area contributed by atoms with E-state index in [2.05, 4.69) is 191 Å². The Kier molecular flexibility index (Phi) is 9.16. The van der Waals surface area contributed by atoms with Gasteiger partial charge in [-0.2, -0.15) is 0 Å². The second kappa shape index (κ2) is 15.0. The third-order valence-electron chi connectivity index (χ3n) is 11.6. The van der Waals surface area contributed by atoms with Gasteiger partial charge in [-0.1, -0.05) is 134 Å². The van der Waals surface area contributed by atoms with Crippen LogP contribution in [-0.2, 0) is 0 Å². The first-order chi connectivity index (χ1) is 27.7. The second-order valence-corrected chi connectivity index (χ2v) is 15.3. The van der Waals surface area contributed by atoms with Gasteiger partial charge >= 0.3 is 14.0 Å². The van der Waals surface area contributed by atoms with Crippen LogP contribution in [0.3, 0.4) is 0 Å². The first-order valence-corrected chi connectivity index (χ1v) is 20.2. The van der Waals surface area contributed by atoms with E-state index in [-0.39, 0.29) is 14.0 Å². The molecule has 4 nitrogen and oxygen atoms in total. The third-order valence-corrected chi connectivity index (χ3v) is 11.6. The van der Waals surface area contributed by atoms with Crippen LogP contribution in [-0.4, -0.2) is 14.0 Å². The highest BCUT2D eigenvalue weighted by Gasteiger charge is 2.27. The van der Waals surface area contributed by atoms with E-state index in [0.717, 1.165) is 38.5 Å². The summed E-state index contributed by atoms with van der Waals surface area (Å²) in [5, 5.41) is 20.0. The van der Waals surface area contributed by atoms with E-state index in [1.807, 2.05) is 0 Å². The van der Waals surface area contributed by atoms with Gasteiger partial charge in [0.25, 0.3) is 0 Å². The van der Waals surface area contributed by atoms with Crippen molar-refractivity contribution in [3.63, 3.8) is 0 Å². The van der Waals surface area contributed by atoms with Crippen LogP contribution in [0.1, 0.15) is 49.7 Å². The van der Waals surface area contributed by atoms with Crippen molar-refractivity contribution >= 4 is 81.3 Å². The summed E-state index contributed by atoms with van der Waals surface area (Å²) in [6.07, 6.45) is 20.8. The van der Waals surface area contributed by atoms with Gasteiger partial charge in [0, 0.05) is 33.5 Å². The number of fused-ring (bicyclic) bond motifs is 10. The Hall–Kier alpha value is -6.39. The van der Waals surface area contributed by atoms with Crippen LogP contribution in [0.15, 0.2) is 158 Å². The lowest BCUT2D eigenvalue weighted by Gasteiger charge is -2.27. The Bertz CT molecular complexity index is 2400. The number of nitrogens with one attached hydrogen (secondary N) is 4. The monoisotopic (exact) mass is 722 g/mol. The van der Waals surface area contributed by atoms with Gasteiger partial charge < -0.3 is 20.9 Å². The molecule has 7 aromatic carbocycles. The minimum Gasteiger partial charge on any atom is -0.405 e. The molecule has 7 aromatic rings. The molecule has 0 unspecified atom stereocenters. The molecule has 4 N–H and O–H groups in total. The fourth-order valence-corrected chi connectivity index (χ4v) is 8.67. The maximum Gasteiger partial charge on any atom is 0.406 e. The van der Waals surface area contributed by atoms with Gasteiger partial charge in [-0.3, -0.25) is 0 Å². The van der Waals surface area contributed by atoms with Crippen molar-refractivity contribution in [3.8, 4) is 22.3 Å². The van der Waals surface area contributed by atoms with Gasteiger partial charge in [0.2, 0.25) is 0 Å². The number of hydrogen-bond donors (Lipinski definition) is 4. The molecule has 2 aliphatic heterocycles. The van der Waals surface area contributed by atoms with Crippen LogP contribution in [0.25, 0.3) is 56.0 Å². The van der Waals surface area contributed by atoms with Crippen LogP contribution in [0.2, 0.25) is 0 Å². The van der Waals surface area contributed by atoms with E-state index in [4.69, 9.17) is 0 Å². The Morgan fingerprint density at radius 1 is 0.375 bits per heavy atom. The number of rotatable bonds is 4. The minimum atomic E-state index is -0.0113. The molecule has 2 bridgehead atoms. The molecule has 56 heavy (non-hydrogen) atoms. The van der Waals surface area contributed by atoms with E-state index < -0.39 is 0 Å². The van der Waals surface area contributed by atoms with E-state index in [1.165, 1.54) is 88.6 Å². The maximum absolute atomic E-state index is 3.75. The van der Waals surface area contributed by atoms with Gasteiger partial charge in [-0.25, -0.2) is 0 Å². The lowest BCUT2D eigenvalue weighted by atomic mass is 9.65. The Labute approximate surface area is 330 Å². The first kappa shape index (κ1) is 34.1. The van der Waals surface area contributed by atoms with E-state index in [9.17, 15) is 0 Å². The van der Waals surface area contributed by atoms with Crippen LogP contribution in [0, 0.1) is 0 Å². The molecule has 4 aliphatic rings. The van der Waals surface area contributed by atoms with Gasteiger partial charge in [0.1, 0.15) is 0 Å². The smallest absolute Gasteiger partial charge is 0.405 e. The van der Waals surface area contributed by atoms with Crippen molar-refractivity contribution in [1.29, 1.82) is 0 Å². The molecule has 11 rings (SSSR count). The van der Waals surface area contributed by atoms with Gasteiger partial charge in [0.05, 0.1) is 0 Å². The highest BCUT2D eigenvalue weighted by molar-refractivity contribution is 6.80. The summed E-state index contributed by atoms with van der Waals surface area (Å²) in [6, 6.07) is 49.0. The number of hydrogen-bond acceptors (Lipinski definition) is 4. The minimum absolute atomic E-state index is 0.0113. The van der Waals surface area contributed by atoms with Gasteiger partial charge in [-0.05, 0) is 130 Å². The molecule has 0 amide bonds. The van der Waals surface area contributed by atoms with E-state index in [1.54, 1.807) is 0 Å². The van der Waals surface area contributed by atoms with Crippen molar-refractivity contribution in [1.82, 2.24) is 0 Å². The van der Waals surface area contributed by atoms with Crippen LogP contribution in [0.5, 0.6) is 0 Å². The largest absolute Gasteiger partial charge is 0.406 e. The van der Waals surface area contributed by atoms with Crippen molar-refractivity contribution in [2.75, 3.05) is 20.9 Å². The molecule has 0 fully saturated rings. The summed E-state index contributed by atoms with van der Waals surface area (Å²) in [5.74, 6) is 0. The maximum atomic E-state index is 3.75. The fourth-order valence-electron chi connectivity index (χ4n) is 8.67. The van der Waals surface area contributed by atoms with Crippen LogP contribution < -0.4 is 31.8 Å². The molecule has 0 radical (unpaired) electrons. The molecule has 2 heterocycles. The topological polar surface area (TPSA) is 48.1 Å². The zero-order valence-electron chi connectivity index (χ0n) is 31.6. The van der Waals surface area contributed by atoms with Crippen molar-refractivity contribution in [2.45, 2.75) is 38.5 Å². The highest BCUT2D eigenvalue weighted by atomic mass is 15.0. The molecule has 0 atom stereocenters. The summed E-state index contributed by atoms with van der Waals surface area (Å²) in [4.78, 5) is 0. The van der Waals surface area contributed by atoms with Crippen LogP contribution >= 0.6 is 0 Å². The molecule has 270 valence electrons. The molecule has 0 spiro atoms. The standard InChI is InChI=1S/C50H44B2N4/c1-2-4-6-8-10-16-40-34-43(35-25-29-41(30-26-35)51-53-45-21-11-17-37-18-12-22-46(54-51)49(37)45)39(15-9-7-5-3-1)33-44(40)36-27-31-42(32-28-36)52-55-47-23-13-19-38-20-14-24-48(56-52)50(38)47/h1-2,9-34,53-56H,3-8H2/b2-1-,15-9-,16-10-. The summed E-state index contributed by atoms with van der Waals surface area (Å²) < 4.78 is 0. The highest BCUT2D eigenvalue weighted by Crippen LogP contribution is 2.37. The third kappa shape index (κ3) is 6.66. The Morgan fingerprint density at radius 3 is 1.11 bits per heavy atom. The predicted molar refractivity (Wildman–Crippen MR) is 245 cm³/mol.